The van der Waals surface area contributed by atoms with E-state index in [-0.39, 0.29) is 20.1 Å². The summed E-state index contributed by atoms with van der Waals surface area (Å²) in [5.41, 5.74) is 11.5. The molecule has 8 rings (SSSR count). The summed E-state index contributed by atoms with van der Waals surface area (Å²) in [5.74, 6) is 1.52. The second kappa shape index (κ2) is 15.1. The molecule has 0 aliphatic rings. The second-order valence-electron chi connectivity index (χ2n) is 14.9. The normalized spacial score (nSPS) is 11.7. The molecule has 0 unspecified atom stereocenters. The fourth-order valence-corrected chi connectivity index (χ4v) is 7.69. The predicted molar refractivity (Wildman–Crippen MR) is 215 cm³/mol. The fourth-order valence-electron chi connectivity index (χ4n) is 6.66. The topological polar surface area (TPSA) is 56.7 Å². The van der Waals surface area contributed by atoms with Crippen LogP contribution < -0.4 is 5.19 Å². The molecule has 4 aromatic carbocycles. The Morgan fingerprint density at radius 2 is 1.54 bits per heavy atom. The van der Waals surface area contributed by atoms with Crippen LogP contribution in [0.15, 0.2) is 114 Å². The summed E-state index contributed by atoms with van der Waals surface area (Å²) in [4.78, 5) is 14.1. The number of nitrogens with zero attached hydrogens (tertiary/aromatic N) is 4. The van der Waals surface area contributed by atoms with Crippen LogP contribution in [-0.2, 0) is 20.1 Å². The average Bonchev–Trinajstić information content (AvgIpc) is 3.70. The van der Waals surface area contributed by atoms with Crippen LogP contribution in [0.4, 0.5) is 0 Å². The summed E-state index contributed by atoms with van der Waals surface area (Å²) in [6, 6.07) is 37.9. The molecule has 0 aliphatic heterocycles. The van der Waals surface area contributed by atoms with Crippen LogP contribution in [0.25, 0.3) is 61.3 Å². The Morgan fingerprint density at radius 3 is 2.19 bits per heavy atom. The average molecular weight is 877 g/mol. The van der Waals surface area contributed by atoms with Crippen molar-refractivity contribution < 1.29 is 24.5 Å². The van der Waals surface area contributed by atoms with Gasteiger partial charge >= 0.3 is 0 Å². The van der Waals surface area contributed by atoms with Crippen molar-refractivity contribution in [1.82, 2.24) is 19.5 Å². The van der Waals surface area contributed by atoms with Crippen molar-refractivity contribution >= 4 is 46.2 Å². The molecular weight excluding hydrogens is 833 g/mol. The Hall–Kier alpha value is -4.68. The first-order valence-corrected chi connectivity index (χ1v) is 21.2. The molecule has 0 N–H and O–H groups in total. The smallest absolute Gasteiger partial charge is 0.120 e. The minimum Gasteiger partial charge on any atom is -0.501 e. The van der Waals surface area contributed by atoms with Gasteiger partial charge in [0, 0.05) is 43.6 Å². The van der Waals surface area contributed by atoms with E-state index in [2.05, 4.69) is 129 Å². The Kier molecular flexibility index (Phi) is 10.8. The molecule has 4 aromatic heterocycles. The van der Waals surface area contributed by atoms with Crippen LogP contribution >= 0.6 is 0 Å². The monoisotopic (exact) mass is 877 g/mol. The molecule has 7 heteroatoms. The molecule has 1 radical (unpaired) electrons. The van der Waals surface area contributed by atoms with Crippen molar-refractivity contribution in [3.05, 3.63) is 138 Å². The van der Waals surface area contributed by atoms with Crippen molar-refractivity contribution in [2.45, 2.75) is 66.1 Å². The van der Waals surface area contributed by atoms with Crippen LogP contribution in [0.5, 0.6) is 0 Å². The van der Waals surface area contributed by atoms with Gasteiger partial charge in [0.1, 0.15) is 5.58 Å². The molecular formula is C45H44IrN4OSi-2. The summed E-state index contributed by atoms with van der Waals surface area (Å²) < 4.78 is 8.71. The summed E-state index contributed by atoms with van der Waals surface area (Å²) in [7, 11) is -1.23. The number of rotatable bonds is 6. The van der Waals surface area contributed by atoms with Gasteiger partial charge in [-0.15, -0.1) is 54.1 Å². The minimum atomic E-state index is -1.23. The largest absolute Gasteiger partial charge is 0.501 e. The SMILES string of the molecule is C[Si](C)(C)c1ccc(-c2[c-]cccc2)nc1.Cc1ccc2oc3c(-c4nc5ccncc5n4-c4c(C(C)C)cccc4C(C)C)[c-]ccc3c2c1.[Ir]. The standard InChI is InChI=1S/C31H28N3O.C14H16NSi.Ir/c1-18(2)21-8-6-9-22(19(3)4)29(21)34-27-17-32-15-14-26(27)33-31(34)24-11-7-10-23-25-16-20(5)12-13-28(25)35-30(23)24;1-16(2,3)13-9-10-14(15-11-13)12-7-5-4-6-8-12;/h6-10,12-19H,1-5H3;4-7,9-11H,1-3H3;/q2*-1;. The van der Waals surface area contributed by atoms with Crippen molar-refractivity contribution in [3.8, 4) is 28.3 Å². The van der Waals surface area contributed by atoms with E-state index in [1.165, 1.54) is 27.6 Å². The number of aryl methyl sites for hydroxylation is 1. The predicted octanol–water partition coefficient (Wildman–Crippen LogP) is 11.4. The number of imidazole rings is 1. The summed E-state index contributed by atoms with van der Waals surface area (Å²) in [5, 5.41) is 3.59. The Balaban J connectivity index is 0.000000230. The van der Waals surface area contributed by atoms with E-state index in [0.29, 0.717) is 11.8 Å². The van der Waals surface area contributed by atoms with Crippen molar-refractivity contribution in [2.24, 2.45) is 0 Å². The Morgan fingerprint density at radius 1 is 0.769 bits per heavy atom. The molecule has 0 saturated heterocycles. The minimum absolute atomic E-state index is 0. The van der Waals surface area contributed by atoms with Gasteiger partial charge in [-0.05, 0) is 59.0 Å². The van der Waals surface area contributed by atoms with Crippen molar-refractivity contribution in [2.75, 3.05) is 0 Å². The molecule has 265 valence electrons. The maximum absolute atomic E-state index is 6.44. The molecule has 52 heavy (non-hydrogen) atoms. The van der Waals surface area contributed by atoms with E-state index in [4.69, 9.17) is 9.40 Å². The Bertz CT molecular complexity index is 2450. The fraction of sp³-hybridized carbons (Fsp3) is 0.222. The second-order valence-corrected chi connectivity index (χ2v) is 20.0. The molecule has 0 amide bonds. The van der Waals surface area contributed by atoms with E-state index in [0.717, 1.165) is 55.6 Å². The zero-order valence-electron chi connectivity index (χ0n) is 31.1. The molecule has 8 aromatic rings. The molecule has 0 spiro atoms. The third-order valence-electron chi connectivity index (χ3n) is 9.45. The molecule has 4 heterocycles. The summed E-state index contributed by atoms with van der Waals surface area (Å²) >= 11 is 0. The quantitative estimate of drug-likeness (QED) is 0.123. The third-order valence-corrected chi connectivity index (χ3v) is 11.5. The number of benzene rings is 4. The number of hydrogen-bond acceptors (Lipinski definition) is 4. The molecule has 0 bridgehead atoms. The van der Waals surface area contributed by atoms with Crippen LogP contribution in [-0.4, -0.2) is 27.6 Å². The number of aromatic nitrogens is 4. The van der Waals surface area contributed by atoms with Gasteiger partial charge in [0.15, 0.2) is 0 Å². The van der Waals surface area contributed by atoms with Crippen molar-refractivity contribution in [1.29, 1.82) is 0 Å². The zero-order valence-corrected chi connectivity index (χ0v) is 34.5. The van der Waals surface area contributed by atoms with Gasteiger partial charge in [-0.3, -0.25) is 9.97 Å². The first-order chi connectivity index (χ1) is 24.5. The number of hydrogen-bond donors (Lipinski definition) is 0. The summed E-state index contributed by atoms with van der Waals surface area (Å²) in [6.07, 6.45) is 5.73. The zero-order chi connectivity index (χ0) is 35.9. The molecule has 5 nitrogen and oxygen atoms in total. The van der Waals surface area contributed by atoms with Crippen LogP contribution in [0, 0.1) is 19.1 Å². The Labute approximate surface area is 321 Å². The first-order valence-electron chi connectivity index (χ1n) is 17.7. The maximum Gasteiger partial charge on any atom is 0.120 e. The number of furan rings is 1. The van der Waals surface area contributed by atoms with Crippen LogP contribution in [0.1, 0.15) is 56.2 Å². The van der Waals surface area contributed by atoms with Crippen molar-refractivity contribution in [3.63, 3.8) is 0 Å². The van der Waals surface area contributed by atoms with E-state index >= 15 is 0 Å². The third kappa shape index (κ3) is 7.18. The van der Waals surface area contributed by atoms with E-state index in [1.54, 1.807) is 6.20 Å². The summed E-state index contributed by atoms with van der Waals surface area (Å²) in [6.45, 7) is 18.1. The van der Waals surface area contributed by atoms with Gasteiger partial charge in [0.05, 0.1) is 36.7 Å². The molecule has 0 atom stereocenters. The van der Waals surface area contributed by atoms with Gasteiger partial charge in [0.2, 0.25) is 0 Å². The van der Waals surface area contributed by atoms with E-state index in [1.807, 2.05) is 54.9 Å². The number of para-hydroxylation sites is 1. The maximum atomic E-state index is 6.44. The van der Waals surface area contributed by atoms with E-state index in [9.17, 15) is 0 Å². The number of pyridine rings is 2. The van der Waals surface area contributed by atoms with Gasteiger partial charge in [-0.2, -0.15) is 0 Å². The van der Waals surface area contributed by atoms with Gasteiger partial charge in [-0.1, -0.05) is 100 Å². The number of fused-ring (bicyclic) bond motifs is 4. The van der Waals surface area contributed by atoms with Gasteiger partial charge in [0.25, 0.3) is 0 Å². The van der Waals surface area contributed by atoms with Crippen LogP contribution in [0.3, 0.4) is 0 Å². The van der Waals surface area contributed by atoms with Gasteiger partial charge in [-0.25, -0.2) is 0 Å². The first kappa shape index (κ1) is 37.1. The molecule has 0 aliphatic carbocycles. The van der Waals surface area contributed by atoms with Crippen LogP contribution in [0.2, 0.25) is 19.6 Å². The molecule has 0 fully saturated rings. The van der Waals surface area contributed by atoms with E-state index < -0.39 is 8.07 Å². The molecule has 0 saturated carbocycles. The van der Waals surface area contributed by atoms with Gasteiger partial charge < -0.3 is 14.0 Å².